The first-order chi connectivity index (χ1) is 20.0. The molecule has 0 atom stereocenters. The Morgan fingerprint density at radius 1 is 1.12 bits per heavy atom. The molecule has 3 N–H and O–H groups in total. The van der Waals surface area contributed by atoms with E-state index in [4.69, 9.17) is 19.9 Å². The number of morpholine rings is 1. The zero-order valence-electron chi connectivity index (χ0n) is 24.4. The van der Waals surface area contributed by atoms with E-state index < -0.39 is 27.0 Å². The average molecular weight is 605 g/mol. The molecule has 42 heavy (non-hydrogen) atoms. The van der Waals surface area contributed by atoms with Crippen LogP contribution in [0.15, 0.2) is 17.0 Å². The van der Waals surface area contributed by atoms with Gasteiger partial charge in [-0.15, -0.1) is 0 Å². The summed E-state index contributed by atoms with van der Waals surface area (Å²) in [7, 11) is -3.55. The Balaban J connectivity index is 1.23. The van der Waals surface area contributed by atoms with Crippen molar-refractivity contribution in [2.75, 3.05) is 50.5 Å². The van der Waals surface area contributed by atoms with Gasteiger partial charge in [0.1, 0.15) is 5.82 Å². The Hall–Kier alpha value is -2.51. The number of nitrogens with one attached hydrogen (secondary N) is 1. The number of benzene rings is 1. The van der Waals surface area contributed by atoms with Crippen LogP contribution in [-0.4, -0.2) is 81.1 Å². The SMILES string of the molecule is CC1(C)Cc2c(c3c(n2-c2cc(F)c(C(N)=O)c(NC4CCC(OCCN5CCOCC5)CC4)c2)COC3)S(=O)(=O)C1. The lowest BCUT2D eigenvalue weighted by atomic mass is 9.89. The van der Waals surface area contributed by atoms with Crippen LogP contribution in [0.2, 0.25) is 0 Å². The number of hydrogen-bond donors (Lipinski definition) is 2. The molecule has 230 valence electrons. The Kier molecular flexibility index (Phi) is 8.12. The second-order valence-electron chi connectivity index (χ2n) is 12.8. The lowest BCUT2D eigenvalue weighted by molar-refractivity contribution is -0.00919. The topological polar surface area (TPSA) is 125 Å². The number of aromatic nitrogens is 1. The molecular weight excluding hydrogens is 563 g/mol. The van der Waals surface area contributed by atoms with Crippen LogP contribution < -0.4 is 11.1 Å². The van der Waals surface area contributed by atoms with Crippen molar-refractivity contribution >= 4 is 21.4 Å². The van der Waals surface area contributed by atoms with Crippen molar-refractivity contribution < 1.29 is 31.8 Å². The van der Waals surface area contributed by atoms with Crippen LogP contribution in [0, 0.1) is 11.2 Å². The van der Waals surface area contributed by atoms with E-state index in [2.05, 4.69) is 10.2 Å². The van der Waals surface area contributed by atoms with Crippen molar-refractivity contribution in [2.45, 2.75) is 76.2 Å². The lowest BCUT2D eigenvalue weighted by Crippen LogP contribution is -2.39. The number of ether oxygens (including phenoxy) is 3. The van der Waals surface area contributed by atoms with E-state index in [-0.39, 0.29) is 36.7 Å². The van der Waals surface area contributed by atoms with Crippen molar-refractivity contribution in [3.63, 3.8) is 0 Å². The quantitative estimate of drug-likeness (QED) is 0.471. The fraction of sp³-hybridized carbons (Fsp3) is 0.633. The summed E-state index contributed by atoms with van der Waals surface area (Å²) in [6.07, 6.45) is 4.02. The van der Waals surface area contributed by atoms with Crippen LogP contribution in [0.5, 0.6) is 0 Å². The van der Waals surface area contributed by atoms with Crippen LogP contribution in [0.3, 0.4) is 0 Å². The second-order valence-corrected chi connectivity index (χ2v) is 14.7. The highest BCUT2D eigenvalue weighted by Crippen LogP contribution is 2.44. The van der Waals surface area contributed by atoms with E-state index in [1.807, 2.05) is 18.4 Å². The summed E-state index contributed by atoms with van der Waals surface area (Å²) < 4.78 is 61.4. The smallest absolute Gasteiger partial charge is 0.253 e. The molecule has 2 aromatic rings. The van der Waals surface area contributed by atoms with Crippen molar-refractivity contribution in [2.24, 2.45) is 11.1 Å². The van der Waals surface area contributed by atoms with Gasteiger partial charge < -0.3 is 29.8 Å². The normalized spacial score (nSPS) is 25.1. The van der Waals surface area contributed by atoms with E-state index in [0.29, 0.717) is 46.2 Å². The minimum absolute atomic E-state index is 0.0174. The van der Waals surface area contributed by atoms with Gasteiger partial charge in [-0.2, -0.15) is 0 Å². The second kappa shape index (κ2) is 11.5. The molecule has 4 heterocycles. The molecule has 0 unspecified atom stereocenters. The summed E-state index contributed by atoms with van der Waals surface area (Å²) >= 11 is 0. The number of sulfone groups is 1. The highest BCUT2D eigenvalue weighted by Gasteiger charge is 2.43. The van der Waals surface area contributed by atoms with Crippen LogP contribution >= 0.6 is 0 Å². The number of primary amides is 1. The minimum atomic E-state index is -3.55. The summed E-state index contributed by atoms with van der Waals surface area (Å²) in [5, 5.41) is 3.40. The first kappa shape index (κ1) is 29.6. The van der Waals surface area contributed by atoms with Crippen LogP contribution in [0.1, 0.15) is 66.8 Å². The summed E-state index contributed by atoms with van der Waals surface area (Å²) in [6.45, 7) is 9.29. The van der Waals surface area contributed by atoms with Gasteiger partial charge in [-0.05, 0) is 49.7 Å². The number of carbonyl (C=O) groups excluding carboxylic acids is 1. The Bertz CT molecular complexity index is 1460. The van der Waals surface area contributed by atoms with Crippen molar-refractivity contribution in [1.82, 2.24) is 9.47 Å². The molecule has 1 amide bonds. The number of nitrogens with two attached hydrogens (primary N) is 1. The number of carbonyl (C=O) groups is 1. The van der Waals surface area contributed by atoms with Gasteiger partial charge in [-0.3, -0.25) is 9.69 Å². The fourth-order valence-electron chi connectivity index (χ4n) is 7.04. The number of fused-ring (bicyclic) bond motifs is 3. The monoisotopic (exact) mass is 604 g/mol. The summed E-state index contributed by atoms with van der Waals surface area (Å²) in [5.41, 5.74) is 7.76. The Morgan fingerprint density at radius 2 is 1.86 bits per heavy atom. The maximum absolute atomic E-state index is 15.6. The maximum Gasteiger partial charge on any atom is 0.253 e. The molecule has 1 saturated carbocycles. The van der Waals surface area contributed by atoms with E-state index >= 15 is 4.39 Å². The molecule has 2 fully saturated rings. The number of nitrogens with zero attached hydrogens (tertiary/aromatic N) is 2. The minimum Gasteiger partial charge on any atom is -0.382 e. The molecule has 6 rings (SSSR count). The number of amides is 1. The average Bonchev–Trinajstić information content (AvgIpc) is 3.49. The van der Waals surface area contributed by atoms with Gasteiger partial charge in [0, 0.05) is 36.9 Å². The molecule has 10 nitrogen and oxygen atoms in total. The van der Waals surface area contributed by atoms with E-state index in [9.17, 15) is 13.2 Å². The van der Waals surface area contributed by atoms with Crippen LogP contribution in [-0.2, 0) is 43.7 Å². The van der Waals surface area contributed by atoms with E-state index in [0.717, 1.165) is 58.5 Å². The largest absolute Gasteiger partial charge is 0.382 e. The summed E-state index contributed by atoms with van der Waals surface area (Å²) in [6, 6.07) is 3.02. The van der Waals surface area contributed by atoms with E-state index in [1.54, 1.807) is 6.07 Å². The highest BCUT2D eigenvalue weighted by molar-refractivity contribution is 7.91. The van der Waals surface area contributed by atoms with Gasteiger partial charge in [-0.25, -0.2) is 12.8 Å². The van der Waals surface area contributed by atoms with Gasteiger partial charge in [0.05, 0.1) is 72.4 Å². The molecule has 1 aromatic heterocycles. The number of rotatable bonds is 8. The van der Waals surface area contributed by atoms with Crippen LogP contribution in [0.4, 0.5) is 10.1 Å². The van der Waals surface area contributed by atoms with E-state index in [1.165, 1.54) is 6.07 Å². The molecule has 0 spiro atoms. The van der Waals surface area contributed by atoms with Crippen molar-refractivity contribution in [3.05, 3.63) is 40.5 Å². The number of hydrogen-bond acceptors (Lipinski definition) is 8. The highest BCUT2D eigenvalue weighted by atomic mass is 32.2. The molecule has 3 aliphatic heterocycles. The Morgan fingerprint density at radius 3 is 2.57 bits per heavy atom. The molecule has 1 saturated heterocycles. The molecule has 1 aromatic carbocycles. The molecular formula is C30H41FN4O6S. The third-order valence-corrected chi connectivity index (χ3v) is 11.2. The number of halogens is 1. The predicted octanol–water partition coefficient (Wildman–Crippen LogP) is 3.17. The first-order valence-corrected chi connectivity index (χ1v) is 16.6. The third kappa shape index (κ3) is 5.84. The van der Waals surface area contributed by atoms with Crippen molar-refractivity contribution in [3.8, 4) is 5.69 Å². The third-order valence-electron chi connectivity index (χ3n) is 8.93. The van der Waals surface area contributed by atoms with Crippen molar-refractivity contribution in [1.29, 1.82) is 0 Å². The maximum atomic E-state index is 15.6. The molecule has 0 bridgehead atoms. The van der Waals surface area contributed by atoms with Gasteiger partial charge in [0.15, 0.2) is 9.84 Å². The standard InChI is InChI=1S/C30H41FN4O6S/c1-30(2)15-25-28(42(37,38)18-30)22-16-40-17-26(22)35(25)20-13-23(31)27(29(32)36)24(14-20)33-19-3-5-21(6-4-19)41-12-9-34-7-10-39-11-8-34/h13-14,19,21,33H,3-12,15-18H2,1-2H3,(H2,32,36). The predicted molar refractivity (Wildman–Crippen MR) is 155 cm³/mol. The van der Waals surface area contributed by atoms with Gasteiger partial charge in [0.2, 0.25) is 0 Å². The van der Waals surface area contributed by atoms with Crippen LogP contribution in [0.25, 0.3) is 5.69 Å². The Labute approximate surface area is 246 Å². The van der Waals surface area contributed by atoms with Gasteiger partial charge in [-0.1, -0.05) is 13.8 Å². The number of anilines is 1. The molecule has 4 aliphatic rings. The zero-order chi connectivity index (χ0) is 29.6. The molecule has 0 radical (unpaired) electrons. The summed E-state index contributed by atoms with van der Waals surface area (Å²) in [5.74, 6) is -1.55. The summed E-state index contributed by atoms with van der Waals surface area (Å²) in [4.78, 5) is 15.0. The van der Waals surface area contributed by atoms with Gasteiger partial charge >= 0.3 is 0 Å². The fourth-order valence-corrected chi connectivity index (χ4v) is 9.39. The zero-order valence-corrected chi connectivity index (χ0v) is 25.2. The molecule has 12 heteroatoms. The van der Waals surface area contributed by atoms with Gasteiger partial charge in [0.25, 0.3) is 5.91 Å². The first-order valence-electron chi connectivity index (χ1n) is 14.9. The molecule has 1 aliphatic carbocycles. The lowest BCUT2D eigenvalue weighted by Gasteiger charge is -2.32.